The van der Waals surface area contributed by atoms with Crippen molar-refractivity contribution in [3.05, 3.63) is 29.6 Å². The fourth-order valence-corrected chi connectivity index (χ4v) is 4.14. The highest BCUT2D eigenvalue weighted by molar-refractivity contribution is 5.95. The molecule has 4 atom stereocenters. The number of fused-ring (bicyclic) bond motifs is 6. The molecule has 23 heavy (non-hydrogen) atoms. The van der Waals surface area contributed by atoms with Crippen LogP contribution in [0.4, 0.5) is 13.2 Å². The van der Waals surface area contributed by atoms with Crippen molar-refractivity contribution < 1.29 is 27.4 Å². The first-order chi connectivity index (χ1) is 11.0. The quantitative estimate of drug-likeness (QED) is 0.857. The minimum absolute atomic E-state index is 0.0114. The molecule has 4 bridgehead atoms. The number of carbonyl (C=O) groups is 1. The Morgan fingerprint density at radius 3 is 2.39 bits per heavy atom. The van der Waals surface area contributed by atoms with Gasteiger partial charge in [0.2, 0.25) is 0 Å². The van der Waals surface area contributed by atoms with Gasteiger partial charge >= 0.3 is 6.61 Å². The van der Waals surface area contributed by atoms with Crippen LogP contribution in [0.2, 0.25) is 0 Å². The van der Waals surface area contributed by atoms with E-state index in [0.29, 0.717) is 0 Å². The third-order valence-electron chi connectivity index (χ3n) is 5.05. The second-order valence-electron chi connectivity index (χ2n) is 6.23. The van der Waals surface area contributed by atoms with E-state index in [0.717, 1.165) is 31.7 Å². The Kier molecular flexibility index (Phi) is 3.48. The molecule has 3 heterocycles. The van der Waals surface area contributed by atoms with Crippen LogP contribution in [-0.4, -0.2) is 41.7 Å². The van der Waals surface area contributed by atoms with Crippen LogP contribution in [-0.2, 0) is 4.74 Å². The van der Waals surface area contributed by atoms with Gasteiger partial charge in [-0.05, 0) is 37.8 Å². The first kappa shape index (κ1) is 14.8. The van der Waals surface area contributed by atoms with Gasteiger partial charge < -0.3 is 14.4 Å². The molecule has 0 N–H and O–H groups in total. The van der Waals surface area contributed by atoms with Gasteiger partial charge in [-0.15, -0.1) is 0 Å². The Balaban J connectivity index is 1.60. The summed E-state index contributed by atoms with van der Waals surface area (Å²) in [6, 6.07) is 3.22. The average molecular weight is 327 g/mol. The summed E-state index contributed by atoms with van der Waals surface area (Å²) in [5.74, 6) is -1.52. The second kappa shape index (κ2) is 5.40. The number of alkyl halides is 2. The summed E-state index contributed by atoms with van der Waals surface area (Å²) in [4.78, 5) is 14.5. The second-order valence-corrected chi connectivity index (χ2v) is 6.23. The van der Waals surface area contributed by atoms with Gasteiger partial charge in [0.05, 0.1) is 29.9 Å². The van der Waals surface area contributed by atoms with Crippen molar-refractivity contribution in [2.45, 2.75) is 56.6 Å². The number of rotatable bonds is 3. The van der Waals surface area contributed by atoms with E-state index in [1.807, 2.05) is 0 Å². The van der Waals surface area contributed by atoms with Crippen molar-refractivity contribution in [3.63, 3.8) is 0 Å². The summed E-state index contributed by atoms with van der Waals surface area (Å²) in [6.07, 6.45) is 3.66. The van der Waals surface area contributed by atoms with Crippen molar-refractivity contribution >= 4 is 5.91 Å². The number of benzene rings is 1. The maximum Gasteiger partial charge on any atom is 0.387 e. The summed E-state index contributed by atoms with van der Waals surface area (Å²) in [5, 5.41) is 0. The molecule has 3 fully saturated rings. The van der Waals surface area contributed by atoms with Crippen molar-refractivity contribution in [3.8, 4) is 5.75 Å². The molecule has 0 saturated carbocycles. The standard InChI is InChI=1S/C16H16F3NO3/c17-10-7-8(22-16(18)19)1-2-9(10)15(21)20-11-3-4-12(20)14-6-5-13(11)23-14/h1-2,7,11-14,16H,3-6H2. The third-order valence-corrected chi connectivity index (χ3v) is 5.05. The monoisotopic (exact) mass is 327 g/mol. The van der Waals surface area contributed by atoms with E-state index in [9.17, 15) is 18.0 Å². The molecule has 7 heteroatoms. The van der Waals surface area contributed by atoms with E-state index < -0.39 is 18.3 Å². The normalized spacial score (nSPS) is 31.7. The highest BCUT2D eigenvalue weighted by atomic mass is 19.3. The van der Waals surface area contributed by atoms with Crippen LogP contribution < -0.4 is 4.74 Å². The molecule has 0 aliphatic carbocycles. The van der Waals surface area contributed by atoms with Crippen LogP contribution in [0.15, 0.2) is 18.2 Å². The van der Waals surface area contributed by atoms with Gasteiger partial charge in [-0.2, -0.15) is 8.78 Å². The Bertz CT molecular complexity index is 621. The van der Waals surface area contributed by atoms with Crippen LogP contribution in [0, 0.1) is 5.82 Å². The zero-order chi connectivity index (χ0) is 16.1. The maximum atomic E-state index is 14.2. The van der Waals surface area contributed by atoms with E-state index in [2.05, 4.69) is 4.74 Å². The van der Waals surface area contributed by atoms with Crippen molar-refractivity contribution in [2.75, 3.05) is 0 Å². The van der Waals surface area contributed by atoms with Gasteiger partial charge in [-0.3, -0.25) is 4.79 Å². The Hall–Kier alpha value is -1.76. The number of nitrogens with zero attached hydrogens (tertiary/aromatic N) is 1. The summed E-state index contributed by atoms with van der Waals surface area (Å²) >= 11 is 0. The number of hydrogen-bond acceptors (Lipinski definition) is 3. The molecular formula is C16H16F3NO3. The Morgan fingerprint density at radius 1 is 1.17 bits per heavy atom. The lowest BCUT2D eigenvalue weighted by Crippen LogP contribution is -2.54. The number of morpholine rings is 1. The van der Waals surface area contributed by atoms with Gasteiger partial charge in [0.1, 0.15) is 11.6 Å². The average Bonchev–Trinajstić information content (AvgIpc) is 3.03. The molecule has 4 unspecified atom stereocenters. The van der Waals surface area contributed by atoms with Crippen molar-refractivity contribution in [2.24, 2.45) is 0 Å². The van der Waals surface area contributed by atoms with Crippen LogP contribution in [0.25, 0.3) is 0 Å². The summed E-state index contributed by atoms with van der Waals surface area (Å²) in [6.45, 7) is -3.03. The zero-order valence-electron chi connectivity index (χ0n) is 12.3. The SMILES string of the molecule is O=C(c1ccc(OC(F)F)cc1F)N1C2CCC1C1CCC2O1. The van der Waals surface area contributed by atoms with Gasteiger partial charge in [-0.1, -0.05) is 0 Å². The predicted molar refractivity (Wildman–Crippen MR) is 73.9 cm³/mol. The minimum Gasteiger partial charge on any atom is -0.435 e. The van der Waals surface area contributed by atoms with E-state index in [4.69, 9.17) is 4.74 Å². The van der Waals surface area contributed by atoms with E-state index >= 15 is 0 Å². The van der Waals surface area contributed by atoms with Crippen LogP contribution in [0.5, 0.6) is 5.75 Å². The van der Waals surface area contributed by atoms with Gasteiger partial charge in [-0.25, -0.2) is 4.39 Å². The molecular weight excluding hydrogens is 311 g/mol. The molecule has 3 saturated heterocycles. The molecule has 3 aliphatic rings. The molecule has 1 aromatic rings. The van der Waals surface area contributed by atoms with E-state index in [1.54, 1.807) is 4.90 Å². The van der Waals surface area contributed by atoms with Gasteiger partial charge in [0, 0.05) is 6.07 Å². The van der Waals surface area contributed by atoms with Crippen molar-refractivity contribution in [1.29, 1.82) is 0 Å². The molecule has 0 radical (unpaired) electrons. The lowest BCUT2D eigenvalue weighted by Gasteiger charge is -2.39. The molecule has 1 aromatic carbocycles. The molecule has 124 valence electrons. The fourth-order valence-electron chi connectivity index (χ4n) is 4.14. The van der Waals surface area contributed by atoms with E-state index in [-0.39, 0.29) is 35.6 Å². The van der Waals surface area contributed by atoms with Gasteiger partial charge in [0.15, 0.2) is 0 Å². The molecule has 1 amide bonds. The third kappa shape index (κ3) is 2.38. The lowest BCUT2D eigenvalue weighted by atomic mass is 10.0. The summed E-state index contributed by atoms with van der Waals surface area (Å²) < 4.78 is 48.6. The lowest BCUT2D eigenvalue weighted by molar-refractivity contribution is -0.0708. The van der Waals surface area contributed by atoms with Gasteiger partial charge in [0.25, 0.3) is 5.91 Å². The molecule has 3 aliphatic heterocycles. The number of amides is 1. The largest absolute Gasteiger partial charge is 0.435 e. The number of ether oxygens (including phenoxy) is 2. The zero-order valence-corrected chi connectivity index (χ0v) is 12.3. The first-order valence-corrected chi connectivity index (χ1v) is 7.77. The summed E-state index contributed by atoms with van der Waals surface area (Å²) in [5.41, 5.74) is -0.107. The first-order valence-electron chi connectivity index (χ1n) is 7.77. The van der Waals surface area contributed by atoms with E-state index in [1.165, 1.54) is 12.1 Å². The Labute approximate surface area is 131 Å². The van der Waals surface area contributed by atoms with Crippen molar-refractivity contribution in [1.82, 2.24) is 4.90 Å². The molecule has 0 aromatic heterocycles. The van der Waals surface area contributed by atoms with Crippen LogP contribution >= 0.6 is 0 Å². The maximum absolute atomic E-state index is 14.2. The minimum atomic E-state index is -3.03. The number of hydrogen-bond donors (Lipinski definition) is 0. The highest BCUT2D eigenvalue weighted by Gasteiger charge is 2.53. The fraction of sp³-hybridized carbons (Fsp3) is 0.562. The smallest absolute Gasteiger partial charge is 0.387 e. The summed E-state index contributed by atoms with van der Waals surface area (Å²) in [7, 11) is 0. The molecule has 0 spiro atoms. The Morgan fingerprint density at radius 2 is 1.83 bits per heavy atom. The molecule has 4 rings (SSSR count). The van der Waals surface area contributed by atoms with Crippen LogP contribution in [0.1, 0.15) is 36.0 Å². The highest BCUT2D eigenvalue weighted by Crippen LogP contribution is 2.44. The predicted octanol–water partition coefficient (Wildman–Crippen LogP) is 2.96. The molecule has 4 nitrogen and oxygen atoms in total. The number of carbonyl (C=O) groups excluding carboxylic acids is 1. The topological polar surface area (TPSA) is 38.8 Å². The van der Waals surface area contributed by atoms with Crippen LogP contribution in [0.3, 0.4) is 0 Å². The number of halogens is 3.